The van der Waals surface area contributed by atoms with Gasteiger partial charge >= 0.3 is 0 Å². The normalized spacial score (nSPS) is 12.8. The molecule has 4 nitrogen and oxygen atoms in total. The van der Waals surface area contributed by atoms with E-state index in [2.05, 4.69) is 534 Å². The van der Waals surface area contributed by atoms with Gasteiger partial charge in [-0.25, -0.2) is 0 Å². The summed E-state index contributed by atoms with van der Waals surface area (Å²) in [5.41, 5.74) is 41.5. The molecule has 26 rings (SSSR count). The van der Waals surface area contributed by atoms with Crippen molar-refractivity contribution in [1.82, 2.24) is 9.13 Å². The van der Waals surface area contributed by atoms with Gasteiger partial charge in [0.25, 0.3) is 0 Å². The van der Waals surface area contributed by atoms with E-state index in [0.29, 0.717) is 0 Å². The van der Waals surface area contributed by atoms with Crippen LogP contribution in [0.15, 0.2) is 473 Å². The molecule has 2 aliphatic rings. The highest BCUT2D eigenvalue weighted by atomic mass is 15.2. The van der Waals surface area contributed by atoms with Crippen LogP contribution in [0.3, 0.4) is 0 Å². The van der Waals surface area contributed by atoms with Crippen LogP contribution in [0.4, 0.5) is 34.1 Å². The number of aromatic nitrogens is 2. The molecule has 2 heterocycles. The highest BCUT2D eigenvalue weighted by Gasteiger charge is 2.39. The number of hydrogen-bond donors (Lipinski definition) is 0. The maximum Gasteiger partial charge on any atom is 0.0541 e. The fourth-order valence-corrected chi connectivity index (χ4v) is 22.8. The largest absolute Gasteiger partial charge is 0.310 e. The summed E-state index contributed by atoms with van der Waals surface area (Å²) in [6, 6.07) is 175. The fraction of sp³-hybridized carbons (Fsp3) is 0.0606. The first-order chi connectivity index (χ1) is 66.8. The predicted octanol–water partition coefficient (Wildman–Crippen LogP) is 36.4. The number of aryl methyl sites for hydroxylation is 2. The van der Waals surface area contributed by atoms with E-state index in [4.69, 9.17) is 0 Å². The summed E-state index contributed by atoms with van der Waals surface area (Å²) in [7, 11) is 0. The molecule has 136 heavy (non-hydrogen) atoms. The lowest BCUT2D eigenvalue weighted by Gasteiger charge is -2.28. The fourth-order valence-electron chi connectivity index (χ4n) is 22.8. The molecule has 0 saturated carbocycles. The van der Waals surface area contributed by atoms with Crippen molar-refractivity contribution in [2.24, 2.45) is 0 Å². The smallest absolute Gasteiger partial charge is 0.0541 e. The standard InChI is InChI=1S/2C66H48N2/c1-43-29-36-58-59(39-43)65(46-20-16-19-45(40-46)44-17-6-4-7-18-44)57-26-11-10-25-56(57)64(58)47-30-37-52-53-38-35-51(42-61(53)66(2,3)60(52)41-47)67(48-21-8-5-9-22-48)49-31-33-50(34-32-49)68-62-27-14-12-23-54(62)55-24-13-15-28-63(55)68;1-43-29-36-58-59(39-43)65(57-26-11-10-25-56(57)64(58)46-20-16-19-45(40-46)44-17-6-4-7-18-44)47-30-37-52-53-38-35-51(42-61(53)66(2,3)60(52)41-47)67(48-21-8-5-9-22-48)49-31-33-50(34-32-49)68-62-27-14-12-23-54(62)55-24-13-15-28-63(55)68/h2*4-42H,1-3H3. The van der Waals surface area contributed by atoms with Crippen LogP contribution < -0.4 is 9.80 Å². The van der Waals surface area contributed by atoms with Gasteiger partial charge in [0.15, 0.2) is 0 Å². The molecule has 2 aliphatic carbocycles. The summed E-state index contributed by atoms with van der Waals surface area (Å²) < 4.78 is 4.77. The van der Waals surface area contributed by atoms with Gasteiger partial charge in [0.1, 0.15) is 0 Å². The Bertz CT molecular complexity index is 8800. The molecule has 644 valence electrons. The second-order valence-corrected chi connectivity index (χ2v) is 37.9. The van der Waals surface area contributed by atoms with Crippen molar-refractivity contribution in [2.75, 3.05) is 9.80 Å². The van der Waals surface area contributed by atoms with Crippen LogP contribution in [0.25, 0.3) is 187 Å². The SMILES string of the molecule is Cc1ccc2c(-c3ccc4c(c3)C(C)(C)c3cc(N(c5ccccc5)c5ccc(-n6c7ccccc7c7ccccc76)cc5)ccc3-4)c3ccccc3c(-c3cccc(-c4ccccc4)c3)c2c1.Cc1ccc2c(-c3cccc(-c4ccccc4)c3)c3ccccc3c(-c3ccc4c(c3)C(C)(C)c3cc(N(c5ccccc5)c5ccc(-n6c7ccccc7c7ccccc76)cc5)ccc3-4)c2c1. The number of para-hydroxylation sites is 6. The summed E-state index contributed by atoms with van der Waals surface area (Å²) in [6.45, 7) is 14.0. The molecule has 24 aromatic rings. The number of nitrogens with zero attached hydrogens (tertiary/aromatic N) is 4. The van der Waals surface area contributed by atoms with Crippen LogP contribution in [-0.2, 0) is 10.8 Å². The number of benzene rings is 22. The van der Waals surface area contributed by atoms with Crippen LogP contribution in [-0.4, -0.2) is 9.13 Å². The minimum Gasteiger partial charge on any atom is -0.310 e. The van der Waals surface area contributed by atoms with Gasteiger partial charge in [-0.05, 0) is 314 Å². The van der Waals surface area contributed by atoms with E-state index in [9.17, 15) is 0 Å². The topological polar surface area (TPSA) is 16.3 Å². The van der Waals surface area contributed by atoms with Gasteiger partial charge in [0.05, 0.1) is 22.1 Å². The molecule has 4 heteroatoms. The zero-order valence-corrected chi connectivity index (χ0v) is 76.8. The lowest BCUT2D eigenvalue weighted by atomic mass is 9.80. The van der Waals surface area contributed by atoms with Gasteiger partial charge < -0.3 is 18.9 Å². The van der Waals surface area contributed by atoms with Crippen LogP contribution in [0.1, 0.15) is 61.1 Å². The molecule has 0 saturated heterocycles. The Morgan fingerprint density at radius 2 is 0.419 bits per heavy atom. The number of fused-ring (bicyclic) bond motifs is 16. The van der Waals surface area contributed by atoms with Crippen molar-refractivity contribution in [3.8, 4) is 100 Å². The minimum atomic E-state index is -0.251. The molecule has 0 N–H and O–H groups in total. The third-order valence-electron chi connectivity index (χ3n) is 29.2. The first kappa shape index (κ1) is 81.1. The number of hydrogen-bond acceptors (Lipinski definition) is 2. The molecule has 2 aromatic heterocycles. The quantitative estimate of drug-likeness (QED) is 0.101. The van der Waals surface area contributed by atoms with E-state index in [-0.39, 0.29) is 10.8 Å². The van der Waals surface area contributed by atoms with Crippen molar-refractivity contribution in [3.05, 3.63) is 507 Å². The van der Waals surface area contributed by atoms with Gasteiger partial charge in [0, 0.05) is 77.9 Å². The molecule has 0 radical (unpaired) electrons. The first-order valence-electron chi connectivity index (χ1n) is 47.5. The summed E-state index contributed by atoms with van der Waals surface area (Å²) in [6.07, 6.45) is 0. The zero-order valence-electron chi connectivity index (χ0n) is 76.8. The minimum absolute atomic E-state index is 0.251. The van der Waals surface area contributed by atoms with Gasteiger partial charge in [0.2, 0.25) is 0 Å². The predicted molar refractivity (Wildman–Crippen MR) is 578 cm³/mol. The van der Waals surface area contributed by atoms with Gasteiger partial charge in [-0.2, -0.15) is 0 Å². The van der Waals surface area contributed by atoms with Crippen LogP contribution >= 0.6 is 0 Å². The van der Waals surface area contributed by atoms with Crippen LogP contribution in [0.2, 0.25) is 0 Å². The van der Waals surface area contributed by atoms with E-state index < -0.39 is 0 Å². The number of rotatable bonds is 14. The van der Waals surface area contributed by atoms with Crippen molar-refractivity contribution in [3.63, 3.8) is 0 Å². The molecule has 0 spiro atoms. The van der Waals surface area contributed by atoms with Crippen molar-refractivity contribution in [2.45, 2.75) is 52.4 Å². The van der Waals surface area contributed by atoms with E-state index in [1.54, 1.807) is 0 Å². The van der Waals surface area contributed by atoms with Crippen molar-refractivity contribution in [1.29, 1.82) is 0 Å². The van der Waals surface area contributed by atoms with Crippen LogP contribution in [0.5, 0.6) is 0 Å². The van der Waals surface area contributed by atoms with Gasteiger partial charge in [-0.3, -0.25) is 0 Å². The molecule has 0 fully saturated rings. The van der Waals surface area contributed by atoms with Crippen LogP contribution in [0, 0.1) is 13.8 Å². The third kappa shape index (κ3) is 13.4. The van der Waals surface area contributed by atoms with E-state index in [0.717, 1.165) is 45.5 Å². The molecule has 0 aliphatic heterocycles. The molecule has 0 unspecified atom stereocenters. The summed E-state index contributed by atoms with van der Waals surface area (Å²) in [4.78, 5) is 4.80. The lowest BCUT2D eigenvalue weighted by Crippen LogP contribution is -2.16. The summed E-state index contributed by atoms with van der Waals surface area (Å²) >= 11 is 0. The summed E-state index contributed by atoms with van der Waals surface area (Å²) in [5, 5.41) is 15.2. The second kappa shape index (κ2) is 32.5. The van der Waals surface area contributed by atoms with Crippen molar-refractivity contribution < 1.29 is 0 Å². The monoisotopic (exact) mass is 1740 g/mol. The van der Waals surface area contributed by atoms with Crippen molar-refractivity contribution >= 4 is 121 Å². The first-order valence-corrected chi connectivity index (χ1v) is 47.5. The maximum absolute atomic E-state index is 2.50. The average Bonchev–Trinajstić information content (AvgIpc) is 1.43. The molecular weight excluding hydrogens is 1640 g/mol. The average molecular weight is 1740 g/mol. The molecule has 0 amide bonds. The van der Waals surface area contributed by atoms with Gasteiger partial charge in [-0.15, -0.1) is 0 Å². The highest BCUT2D eigenvalue weighted by molar-refractivity contribution is 6.24. The zero-order chi connectivity index (χ0) is 91.0. The third-order valence-corrected chi connectivity index (χ3v) is 29.2. The Morgan fingerprint density at radius 1 is 0.169 bits per heavy atom. The molecule has 0 bridgehead atoms. The Balaban J connectivity index is 0.000000145. The Labute approximate surface area is 793 Å². The van der Waals surface area contributed by atoms with E-state index in [1.807, 2.05) is 0 Å². The van der Waals surface area contributed by atoms with E-state index >= 15 is 0 Å². The Kier molecular flexibility index (Phi) is 19.4. The van der Waals surface area contributed by atoms with Gasteiger partial charge in [-0.1, -0.05) is 366 Å². The van der Waals surface area contributed by atoms with E-state index in [1.165, 1.54) is 209 Å². The highest BCUT2D eigenvalue weighted by Crippen LogP contribution is 2.57. The second-order valence-electron chi connectivity index (χ2n) is 37.9. The molecule has 0 atom stereocenters. The summed E-state index contributed by atoms with van der Waals surface area (Å²) in [5.74, 6) is 0. The maximum atomic E-state index is 2.50. The Morgan fingerprint density at radius 3 is 0.765 bits per heavy atom. The molecule has 22 aromatic carbocycles. The Hall–Kier alpha value is -16.9. The lowest BCUT2D eigenvalue weighted by molar-refractivity contribution is 0.660. The number of anilines is 6. The molecular formula is C132H96N4.